The molecular formula is C19H17N3O4S. The summed E-state index contributed by atoms with van der Waals surface area (Å²) in [4.78, 5) is 29.5. The summed E-state index contributed by atoms with van der Waals surface area (Å²) in [6.07, 6.45) is 2.68. The number of fused-ring (bicyclic) bond motifs is 2. The molecule has 1 aliphatic carbocycles. The molecule has 0 atom stereocenters. The molecule has 0 aliphatic heterocycles. The lowest BCUT2D eigenvalue weighted by Gasteiger charge is -2.06. The van der Waals surface area contributed by atoms with Crippen LogP contribution in [0.5, 0.6) is 5.75 Å². The molecule has 7 nitrogen and oxygen atoms in total. The number of thiophene rings is 1. The van der Waals surface area contributed by atoms with Gasteiger partial charge in [-0.25, -0.2) is 4.99 Å². The highest BCUT2D eigenvalue weighted by atomic mass is 32.1. The number of para-hydroxylation sites is 1. The highest BCUT2D eigenvalue weighted by molar-refractivity contribution is 7.16. The van der Waals surface area contributed by atoms with E-state index in [4.69, 9.17) is 20.6 Å². The molecule has 0 fully saturated rings. The first-order chi connectivity index (χ1) is 13.0. The molecule has 4 rings (SSSR count). The van der Waals surface area contributed by atoms with Gasteiger partial charge in [0.15, 0.2) is 11.3 Å². The summed E-state index contributed by atoms with van der Waals surface area (Å²) in [5.74, 6) is -0.706. The number of rotatable bonds is 4. The van der Waals surface area contributed by atoms with Gasteiger partial charge in [0.05, 0.1) is 12.7 Å². The Morgan fingerprint density at radius 2 is 2.04 bits per heavy atom. The Morgan fingerprint density at radius 3 is 2.74 bits per heavy atom. The molecule has 1 aromatic carbocycles. The van der Waals surface area contributed by atoms with Gasteiger partial charge in [0.1, 0.15) is 10.6 Å². The van der Waals surface area contributed by atoms with E-state index in [0.717, 1.165) is 29.7 Å². The normalized spacial score (nSPS) is 13.7. The molecule has 0 saturated heterocycles. The van der Waals surface area contributed by atoms with Gasteiger partial charge in [0.2, 0.25) is 5.55 Å². The van der Waals surface area contributed by atoms with E-state index in [2.05, 4.69) is 4.99 Å². The van der Waals surface area contributed by atoms with Crippen molar-refractivity contribution < 1.29 is 18.7 Å². The summed E-state index contributed by atoms with van der Waals surface area (Å²) >= 11 is 1.40. The maximum atomic E-state index is 12.0. The first-order valence-corrected chi connectivity index (χ1v) is 9.21. The second-order valence-corrected chi connectivity index (χ2v) is 7.31. The van der Waals surface area contributed by atoms with Crippen molar-refractivity contribution in [3.8, 4) is 5.75 Å². The number of ether oxygens (including phenoxy) is 1. The molecule has 0 unspecified atom stereocenters. The predicted octanol–water partition coefficient (Wildman–Crippen LogP) is 2.42. The van der Waals surface area contributed by atoms with Crippen LogP contribution in [0.15, 0.2) is 33.7 Å². The molecule has 138 valence electrons. The van der Waals surface area contributed by atoms with Crippen LogP contribution in [0.2, 0.25) is 0 Å². The van der Waals surface area contributed by atoms with E-state index in [-0.39, 0.29) is 11.1 Å². The molecular weight excluding hydrogens is 366 g/mol. The fourth-order valence-corrected chi connectivity index (χ4v) is 4.62. The number of nitrogens with zero attached hydrogens (tertiary/aromatic N) is 1. The van der Waals surface area contributed by atoms with Crippen molar-refractivity contribution in [1.29, 1.82) is 0 Å². The van der Waals surface area contributed by atoms with Crippen LogP contribution < -0.4 is 21.8 Å². The van der Waals surface area contributed by atoms with Crippen molar-refractivity contribution in [3.63, 3.8) is 0 Å². The number of carbonyl (C=O) groups excluding carboxylic acids is 2. The summed E-state index contributed by atoms with van der Waals surface area (Å²) in [5, 5.41) is 1.10. The molecule has 27 heavy (non-hydrogen) atoms. The second kappa shape index (κ2) is 6.55. The van der Waals surface area contributed by atoms with Crippen LogP contribution in [0.3, 0.4) is 0 Å². The molecule has 0 spiro atoms. The van der Waals surface area contributed by atoms with E-state index in [1.165, 1.54) is 18.4 Å². The molecule has 8 heteroatoms. The van der Waals surface area contributed by atoms with Gasteiger partial charge in [-0.2, -0.15) is 0 Å². The first kappa shape index (κ1) is 17.3. The zero-order valence-corrected chi connectivity index (χ0v) is 15.4. The SMILES string of the molecule is COc1cccc2cc(C(N)=O)/c(=N/c3sc4c(c3C(N)=O)CCC4)oc12. The predicted molar refractivity (Wildman–Crippen MR) is 101 cm³/mol. The lowest BCUT2D eigenvalue weighted by Crippen LogP contribution is -2.22. The number of carbonyl (C=O) groups is 2. The summed E-state index contributed by atoms with van der Waals surface area (Å²) in [6.45, 7) is 0. The molecule has 2 amide bonds. The van der Waals surface area contributed by atoms with Crippen LogP contribution in [0, 0.1) is 0 Å². The summed E-state index contributed by atoms with van der Waals surface area (Å²) in [7, 11) is 1.53. The Balaban J connectivity index is 2.02. The topological polar surface area (TPSA) is 121 Å². The number of primary amides is 2. The highest BCUT2D eigenvalue weighted by Gasteiger charge is 2.25. The number of methoxy groups -OCH3 is 1. The summed E-state index contributed by atoms with van der Waals surface area (Å²) in [6, 6.07) is 6.92. The molecule has 0 radical (unpaired) electrons. The third-order valence-corrected chi connectivity index (χ3v) is 5.76. The molecule has 1 aliphatic rings. The van der Waals surface area contributed by atoms with Gasteiger partial charge in [-0.3, -0.25) is 9.59 Å². The second-order valence-electron chi connectivity index (χ2n) is 6.22. The van der Waals surface area contributed by atoms with E-state index in [9.17, 15) is 9.59 Å². The number of benzene rings is 1. The van der Waals surface area contributed by atoms with Gasteiger partial charge in [-0.1, -0.05) is 12.1 Å². The van der Waals surface area contributed by atoms with Crippen molar-refractivity contribution in [2.24, 2.45) is 16.5 Å². The van der Waals surface area contributed by atoms with E-state index in [1.807, 2.05) is 0 Å². The standard InChI is InChI=1S/C19H17N3O4S/c1-25-12-6-2-4-9-8-11(16(20)23)18(26-15(9)12)22-19-14(17(21)24)10-5-3-7-13(10)27-19/h2,4,6,8H,3,5,7H2,1H3,(H2,20,23)(H2,21,24)/b22-18-. The summed E-state index contributed by atoms with van der Waals surface area (Å²) in [5.41, 5.74) is 13.1. The maximum absolute atomic E-state index is 12.0. The fraction of sp³-hybridized carbons (Fsp3) is 0.211. The van der Waals surface area contributed by atoms with Crippen molar-refractivity contribution in [1.82, 2.24) is 0 Å². The minimum atomic E-state index is -0.674. The van der Waals surface area contributed by atoms with E-state index >= 15 is 0 Å². The van der Waals surface area contributed by atoms with E-state index in [1.54, 1.807) is 24.3 Å². The lowest BCUT2D eigenvalue weighted by atomic mass is 10.1. The summed E-state index contributed by atoms with van der Waals surface area (Å²) < 4.78 is 11.2. The molecule has 2 aromatic heterocycles. The van der Waals surface area contributed by atoms with Crippen molar-refractivity contribution >= 4 is 39.1 Å². The molecule has 3 aromatic rings. The van der Waals surface area contributed by atoms with Gasteiger partial charge in [0, 0.05) is 10.3 Å². The minimum Gasteiger partial charge on any atom is -0.493 e. The fourth-order valence-electron chi connectivity index (χ4n) is 3.36. The van der Waals surface area contributed by atoms with Gasteiger partial charge in [0.25, 0.3) is 11.8 Å². The van der Waals surface area contributed by atoms with Gasteiger partial charge < -0.3 is 20.6 Å². The van der Waals surface area contributed by atoms with Crippen LogP contribution in [-0.4, -0.2) is 18.9 Å². The van der Waals surface area contributed by atoms with Crippen LogP contribution in [-0.2, 0) is 12.8 Å². The van der Waals surface area contributed by atoms with Crippen LogP contribution in [0.1, 0.15) is 37.6 Å². The Labute approximate surface area is 158 Å². The monoisotopic (exact) mass is 383 g/mol. The van der Waals surface area contributed by atoms with Crippen molar-refractivity contribution in [2.75, 3.05) is 7.11 Å². The number of hydrogen-bond acceptors (Lipinski definition) is 6. The van der Waals surface area contributed by atoms with Crippen molar-refractivity contribution in [2.45, 2.75) is 19.3 Å². The minimum absolute atomic E-state index is 0.0296. The number of aryl methyl sites for hydroxylation is 1. The molecule has 4 N–H and O–H groups in total. The van der Waals surface area contributed by atoms with Crippen LogP contribution >= 0.6 is 11.3 Å². The first-order valence-electron chi connectivity index (χ1n) is 8.39. The zero-order valence-electron chi connectivity index (χ0n) is 14.6. The Hall–Kier alpha value is -3.13. The quantitative estimate of drug-likeness (QED) is 0.718. The third-order valence-electron chi connectivity index (χ3n) is 4.58. The average Bonchev–Trinajstić information content (AvgIpc) is 3.20. The number of nitrogens with two attached hydrogens (primary N) is 2. The number of hydrogen-bond donors (Lipinski definition) is 2. The maximum Gasteiger partial charge on any atom is 0.254 e. The van der Waals surface area contributed by atoms with Crippen molar-refractivity contribution in [3.05, 3.63) is 51.4 Å². The Bertz CT molecular complexity index is 1160. The highest BCUT2D eigenvalue weighted by Crippen LogP contribution is 2.40. The third kappa shape index (κ3) is 2.87. The molecule has 2 heterocycles. The van der Waals surface area contributed by atoms with E-state index < -0.39 is 11.8 Å². The van der Waals surface area contributed by atoms with Gasteiger partial charge in [-0.05, 0) is 37.0 Å². The van der Waals surface area contributed by atoms with Gasteiger partial charge in [-0.15, -0.1) is 11.3 Å². The Morgan fingerprint density at radius 1 is 1.22 bits per heavy atom. The Kier molecular flexibility index (Phi) is 4.19. The zero-order chi connectivity index (χ0) is 19.1. The molecule has 0 bridgehead atoms. The van der Waals surface area contributed by atoms with Gasteiger partial charge >= 0.3 is 0 Å². The molecule has 0 saturated carbocycles. The van der Waals surface area contributed by atoms with Crippen LogP contribution in [0.25, 0.3) is 11.0 Å². The lowest BCUT2D eigenvalue weighted by molar-refractivity contribution is 0.0990. The van der Waals surface area contributed by atoms with Crippen LogP contribution in [0.4, 0.5) is 5.00 Å². The average molecular weight is 383 g/mol. The smallest absolute Gasteiger partial charge is 0.254 e. The number of amides is 2. The largest absolute Gasteiger partial charge is 0.493 e. The van der Waals surface area contributed by atoms with E-state index in [0.29, 0.717) is 27.3 Å².